The maximum atomic E-state index is 12.6. The molecule has 2 heterocycles. The van der Waals surface area contributed by atoms with Crippen LogP contribution in [0.15, 0.2) is 54.7 Å². The highest BCUT2D eigenvalue weighted by Crippen LogP contribution is 2.21. The quantitative estimate of drug-likeness (QED) is 0.751. The van der Waals surface area contributed by atoms with E-state index in [0.717, 1.165) is 0 Å². The highest BCUT2D eigenvalue weighted by molar-refractivity contribution is 6.11. The number of benzene rings is 1. The third-order valence-electron chi connectivity index (χ3n) is 3.49. The number of nitrogens with zero attached hydrogens (tertiary/aromatic N) is 1. The number of aromatic carboxylic acids is 1. The van der Waals surface area contributed by atoms with E-state index in [-0.39, 0.29) is 11.3 Å². The summed E-state index contributed by atoms with van der Waals surface area (Å²) in [5.41, 5.74) is 1.39. The lowest BCUT2D eigenvalue weighted by atomic mass is 10.1. The Morgan fingerprint density at radius 1 is 1.09 bits per heavy atom. The second kappa shape index (κ2) is 5.37. The molecule has 3 rings (SSSR count). The number of carboxylic acid groups (broad SMARTS) is 1. The van der Waals surface area contributed by atoms with Crippen LogP contribution in [0.5, 0.6) is 5.75 Å². The second-order valence-electron chi connectivity index (χ2n) is 4.76. The molecule has 1 N–H and O–H groups in total. The normalized spacial score (nSPS) is 10.6. The molecule has 0 aliphatic carbocycles. The van der Waals surface area contributed by atoms with Crippen LogP contribution in [0, 0.1) is 0 Å². The van der Waals surface area contributed by atoms with Crippen LogP contribution in [0.25, 0.3) is 5.52 Å². The number of ether oxygens (including phenoxy) is 1. The Morgan fingerprint density at radius 3 is 2.45 bits per heavy atom. The fourth-order valence-corrected chi connectivity index (χ4v) is 2.39. The summed E-state index contributed by atoms with van der Waals surface area (Å²) >= 11 is 0. The van der Waals surface area contributed by atoms with Crippen LogP contribution in [-0.4, -0.2) is 28.4 Å². The zero-order chi connectivity index (χ0) is 15.7. The van der Waals surface area contributed by atoms with Crippen LogP contribution in [0.4, 0.5) is 0 Å². The molecule has 5 nitrogen and oxygen atoms in total. The monoisotopic (exact) mass is 295 g/mol. The second-order valence-corrected chi connectivity index (χ2v) is 4.76. The van der Waals surface area contributed by atoms with E-state index in [9.17, 15) is 14.7 Å². The summed E-state index contributed by atoms with van der Waals surface area (Å²) < 4.78 is 6.66. The molecule has 110 valence electrons. The average Bonchev–Trinajstić information content (AvgIpc) is 2.94. The predicted octanol–water partition coefficient (Wildman–Crippen LogP) is 2.88. The molecule has 5 heteroatoms. The van der Waals surface area contributed by atoms with Crippen molar-refractivity contribution in [2.75, 3.05) is 7.11 Å². The maximum absolute atomic E-state index is 12.6. The van der Waals surface area contributed by atoms with E-state index in [4.69, 9.17) is 4.74 Å². The summed E-state index contributed by atoms with van der Waals surface area (Å²) in [5, 5.41) is 9.28. The largest absolute Gasteiger partial charge is 0.497 e. The first-order chi connectivity index (χ1) is 10.6. The number of methoxy groups -OCH3 is 1. The number of carboxylic acids is 1. The van der Waals surface area contributed by atoms with Gasteiger partial charge in [0, 0.05) is 11.8 Å². The van der Waals surface area contributed by atoms with E-state index in [2.05, 4.69) is 0 Å². The number of hydrogen-bond acceptors (Lipinski definition) is 3. The minimum atomic E-state index is -1.06. The Bertz CT molecular complexity index is 862. The lowest BCUT2D eigenvalue weighted by Crippen LogP contribution is -2.04. The van der Waals surface area contributed by atoms with Gasteiger partial charge in [0.1, 0.15) is 5.75 Å². The van der Waals surface area contributed by atoms with Crippen molar-refractivity contribution in [1.82, 2.24) is 4.40 Å². The summed E-state index contributed by atoms with van der Waals surface area (Å²) in [5.74, 6) is -0.642. The molecule has 22 heavy (non-hydrogen) atoms. The van der Waals surface area contributed by atoms with Gasteiger partial charge in [-0.05, 0) is 42.5 Å². The molecular formula is C17H13NO4. The van der Waals surface area contributed by atoms with Gasteiger partial charge < -0.3 is 14.2 Å². The Morgan fingerprint density at radius 2 is 1.82 bits per heavy atom. The van der Waals surface area contributed by atoms with Gasteiger partial charge in [-0.2, -0.15) is 0 Å². The smallest absolute Gasteiger partial charge is 0.337 e. The van der Waals surface area contributed by atoms with Crippen molar-refractivity contribution in [3.8, 4) is 5.75 Å². The number of ketones is 1. The fourth-order valence-electron chi connectivity index (χ4n) is 2.39. The molecular weight excluding hydrogens is 282 g/mol. The van der Waals surface area contributed by atoms with Crippen molar-refractivity contribution in [3.63, 3.8) is 0 Å². The SMILES string of the molecule is COc1ccc(C(=O)c2cc(C(=O)O)c3ccccn23)cc1. The minimum Gasteiger partial charge on any atom is -0.497 e. The summed E-state index contributed by atoms with van der Waals surface area (Å²) in [6.07, 6.45) is 1.68. The van der Waals surface area contributed by atoms with Gasteiger partial charge in [0.15, 0.2) is 0 Å². The van der Waals surface area contributed by atoms with Crippen molar-refractivity contribution in [3.05, 3.63) is 71.5 Å². The number of pyridine rings is 1. The molecule has 0 amide bonds. The number of fused-ring (bicyclic) bond motifs is 1. The molecule has 0 spiro atoms. The van der Waals surface area contributed by atoms with E-state index in [0.29, 0.717) is 22.5 Å². The van der Waals surface area contributed by atoms with Crippen molar-refractivity contribution in [2.24, 2.45) is 0 Å². The third kappa shape index (κ3) is 2.22. The molecule has 0 bridgehead atoms. The van der Waals surface area contributed by atoms with Gasteiger partial charge in [0.2, 0.25) is 5.78 Å². The number of carbonyl (C=O) groups excluding carboxylic acids is 1. The van der Waals surface area contributed by atoms with Crippen LogP contribution < -0.4 is 4.74 Å². The molecule has 0 saturated carbocycles. The number of carbonyl (C=O) groups is 2. The van der Waals surface area contributed by atoms with Gasteiger partial charge in [-0.3, -0.25) is 4.79 Å². The van der Waals surface area contributed by atoms with Gasteiger partial charge in [-0.25, -0.2) is 4.79 Å². The van der Waals surface area contributed by atoms with Gasteiger partial charge in [-0.15, -0.1) is 0 Å². The zero-order valence-electron chi connectivity index (χ0n) is 11.8. The molecule has 0 fully saturated rings. The van der Waals surface area contributed by atoms with E-state index < -0.39 is 5.97 Å². The Hall–Kier alpha value is -3.08. The Labute approximate surface area is 126 Å². The number of hydrogen-bond donors (Lipinski definition) is 1. The molecule has 1 aromatic carbocycles. The van der Waals surface area contributed by atoms with Crippen molar-refractivity contribution >= 4 is 17.3 Å². The molecule has 3 aromatic rings. The van der Waals surface area contributed by atoms with E-state index >= 15 is 0 Å². The average molecular weight is 295 g/mol. The summed E-state index contributed by atoms with van der Waals surface area (Å²) in [6.45, 7) is 0. The molecule has 0 atom stereocenters. The summed E-state index contributed by atoms with van der Waals surface area (Å²) in [4.78, 5) is 24.0. The first-order valence-electron chi connectivity index (χ1n) is 6.64. The fraction of sp³-hybridized carbons (Fsp3) is 0.0588. The van der Waals surface area contributed by atoms with Gasteiger partial charge in [-0.1, -0.05) is 6.07 Å². The first-order valence-corrected chi connectivity index (χ1v) is 6.64. The predicted molar refractivity (Wildman–Crippen MR) is 80.8 cm³/mol. The van der Waals surface area contributed by atoms with E-state index in [1.54, 1.807) is 60.2 Å². The summed E-state index contributed by atoms with van der Waals surface area (Å²) in [7, 11) is 1.55. The van der Waals surface area contributed by atoms with Crippen LogP contribution in [0.3, 0.4) is 0 Å². The molecule has 0 aliphatic heterocycles. The van der Waals surface area contributed by atoms with Gasteiger partial charge in [0.25, 0.3) is 0 Å². The molecule has 2 aromatic heterocycles. The summed E-state index contributed by atoms with van der Waals surface area (Å²) in [6, 6.07) is 13.3. The lowest BCUT2D eigenvalue weighted by molar-refractivity contribution is 0.0699. The van der Waals surface area contributed by atoms with Crippen molar-refractivity contribution in [2.45, 2.75) is 0 Å². The first kappa shape index (κ1) is 13.9. The number of rotatable bonds is 4. The molecule has 0 unspecified atom stereocenters. The maximum Gasteiger partial charge on any atom is 0.337 e. The van der Waals surface area contributed by atoms with Gasteiger partial charge in [0.05, 0.1) is 23.9 Å². The highest BCUT2D eigenvalue weighted by Gasteiger charge is 2.19. The van der Waals surface area contributed by atoms with Gasteiger partial charge >= 0.3 is 5.97 Å². The van der Waals surface area contributed by atoms with Crippen LogP contribution in [-0.2, 0) is 0 Å². The minimum absolute atomic E-state index is 0.109. The standard InChI is InChI=1S/C17H13NO4/c1-22-12-7-5-11(6-8-12)16(19)15-10-13(17(20)21)14-4-2-3-9-18(14)15/h2-10H,1H3,(H,20,21). The van der Waals surface area contributed by atoms with Crippen LogP contribution in [0.1, 0.15) is 26.4 Å². The molecule has 0 saturated heterocycles. The van der Waals surface area contributed by atoms with Crippen molar-refractivity contribution < 1.29 is 19.4 Å². The molecule has 0 radical (unpaired) electrons. The third-order valence-corrected chi connectivity index (χ3v) is 3.49. The van der Waals surface area contributed by atoms with Crippen LogP contribution >= 0.6 is 0 Å². The Kier molecular flexibility index (Phi) is 3.39. The lowest BCUT2D eigenvalue weighted by Gasteiger charge is -2.04. The molecule has 0 aliphatic rings. The van der Waals surface area contributed by atoms with E-state index in [1.165, 1.54) is 6.07 Å². The van der Waals surface area contributed by atoms with E-state index in [1.807, 2.05) is 0 Å². The number of aromatic nitrogens is 1. The topological polar surface area (TPSA) is 68.0 Å². The Balaban J connectivity index is 2.12. The van der Waals surface area contributed by atoms with Crippen LogP contribution in [0.2, 0.25) is 0 Å². The van der Waals surface area contributed by atoms with Crippen molar-refractivity contribution in [1.29, 1.82) is 0 Å². The zero-order valence-corrected chi connectivity index (χ0v) is 11.8. The highest BCUT2D eigenvalue weighted by atomic mass is 16.5.